The summed E-state index contributed by atoms with van der Waals surface area (Å²) in [6.45, 7) is 0.138. The van der Waals surface area contributed by atoms with Crippen LogP contribution in [-0.4, -0.2) is 51.3 Å². The van der Waals surface area contributed by atoms with Crippen molar-refractivity contribution in [2.45, 2.75) is 11.0 Å². The summed E-state index contributed by atoms with van der Waals surface area (Å²) in [7, 11) is -3.72. The van der Waals surface area contributed by atoms with Crippen molar-refractivity contribution in [3.05, 3.63) is 77.9 Å². The second kappa shape index (κ2) is 9.28. The number of carbonyl (C=O) groups is 1. The first kappa shape index (κ1) is 22.7. The zero-order valence-corrected chi connectivity index (χ0v) is 19.1. The summed E-state index contributed by atoms with van der Waals surface area (Å²) in [6.07, 6.45) is -0.923. The number of benzene rings is 3. The molecule has 1 atom stereocenters. The number of carbonyl (C=O) groups excluding carboxylic acids is 1. The van der Waals surface area contributed by atoms with Gasteiger partial charge in [-0.25, -0.2) is 0 Å². The Bertz CT molecular complexity index is 1400. The van der Waals surface area contributed by atoms with E-state index in [1.807, 2.05) is 0 Å². The summed E-state index contributed by atoms with van der Waals surface area (Å²) in [6, 6.07) is 18.1. The summed E-state index contributed by atoms with van der Waals surface area (Å²) in [4.78, 5) is 12.6. The molecule has 2 heterocycles. The van der Waals surface area contributed by atoms with E-state index in [1.165, 1.54) is 6.07 Å². The van der Waals surface area contributed by atoms with Crippen LogP contribution in [0.2, 0.25) is 0 Å². The third-order valence-electron chi connectivity index (χ3n) is 5.33. The van der Waals surface area contributed by atoms with E-state index in [1.54, 1.807) is 60.7 Å². The number of ether oxygens (including phenoxy) is 3. The van der Waals surface area contributed by atoms with Gasteiger partial charge in [0.2, 0.25) is 6.79 Å². The fourth-order valence-corrected chi connectivity index (χ4v) is 4.74. The fraction of sp³-hybridized carbons (Fsp3) is 0.167. The molecule has 0 aromatic heterocycles. The van der Waals surface area contributed by atoms with Gasteiger partial charge in [0, 0.05) is 29.4 Å². The molecule has 0 aliphatic carbocycles. The number of hydrogen-bond donors (Lipinski definition) is 3. The van der Waals surface area contributed by atoms with Crippen molar-refractivity contribution in [3.63, 3.8) is 0 Å². The minimum Gasteiger partial charge on any atom is -0.491 e. The molecule has 5 rings (SSSR count). The first-order chi connectivity index (χ1) is 16.9. The van der Waals surface area contributed by atoms with E-state index >= 15 is 0 Å². The van der Waals surface area contributed by atoms with Crippen LogP contribution >= 0.6 is 0 Å². The maximum Gasteiger partial charge on any atom is 0.285 e. The fourth-order valence-electron chi connectivity index (χ4n) is 3.57. The Balaban J connectivity index is 1.13. The van der Waals surface area contributed by atoms with Crippen LogP contribution < -0.4 is 24.8 Å². The molecule has 0 fully saturated rings. The van der Waals surface area contributed by atoms with Crippen LogP contribution in [-0.2, 0) is 10.0 Å². The number of rotatable bonds is 7. The smallest absolute Gasteiger partial charge is 0.285 e. The average Bonchev–Trinajstić information content (AvgIpc) is 3.43. The number of amides is 1. The molecule has 0 saturated heterocycles. The van der Waals surface area contributed by atoms with Gasteiger partial charge in [-0.2, -0.15) is 8.42 Å². The predicted octanol–water partition coefficient (Wildman–Crippen LogP) is 2.15. The van der Waals surface area contributed by atoms with E-state index in [0.717, 1.165) is 0 Å². The van der Waals surface area contributed by atoms with E-state index in [4.69, 9.17) is 14.2 Å². The van der Waals surface area contributed by atoms with Crippen LogP contribution in [0.1, 0.15) is 15.9 Å². The topological polar surface area (TPSA) is 136 Å². The lowest BCUT2D eigenvalue weighted by molar-refractivity contribution is 0.0843. The molecule has 0 bridgehead atoms. The minimum absolute atomic E-state index is 0.00512. The van der Waals surface area contributed by atoms with Gasteiger partial charge >= 0.3 is 0 Å². The number of fused-ring (bicyclic) bond motifs is 2. The van der Waals surface area contributed by atoms with Crippen LogP contribution in [0.5, 0.6) is 17.2 Å². The number of nitrogens with one attached hydrogen (secondary N) is 2. The summed E-state index contributed by atoms with van der Waals surface area (Å²) >= 11 is 0. The Morgan fingerprint density at radius 2 is 1.83 bits per heavy atom. The van der Waals surface area contributed by atoms with Gasteiger partial charge in [-0.3, -0.25) is 4.79 Å². The predicted molar refractivity (Wildman–Crippen MR) is 127 cm³/mol. The van der Waals surface area contributed by atoms with Gasteiger partial charge in [-0.15, -0.1) is 4.40 Å². The van der Waals surface area contributed by atoms with E-state index in [0.29, 0.717) is 34.1 Å². The molecule has 1 unspecified atom stereocenters. The molecule has 0 saturated carbocycles. The van der Waals surface area contributed by atoms with Gasteiger partial charge in [0.15, 0.2) is 17.3 Å². The monoisotopic (exact) mass is 495 g/mol. The van der Waals surface area contributed by atoms with E-state index in [-0.39, 0.29) is 36.6 Å². The number of anilines is 1. The molecular formula is C24H21N3O7S. The molecule has 2 aliphatic heterocycles. The summed E-state index contributed by atoms with van der Waals surface area (Å²) in [5.74, 6) is 1.59. The molecule has 10 nitrogen and oxygen atoms in total. The average molecular weight is 496 g/mol. The standard InChI is InChI=1S/C24H21N3O7S/c28-17(13-32-18-9-10-20-21(11-18)34-14-33-20)12-25-24(29)15-5-7-16(8-6-15)26-23-19-3-1-2-4-22(19)35(30,31)27-23/h1-11,17,28H,12-14H2,(H,25,29)(H,26,27). The van der Waals surface area contributed by atoms with Crippen LogP contribution in [0.3, 0.4) is 0 Å². The molecule has 3 N–H and O–H groups in total. The molecule has 2 aliphatic rings. The summed E-state index contributed by atoms with van der Waals surface area (Å²) in [5.41, 5.74) is 1.44. The lowest BCUT2D eigenvalue weighted by atomic mass is 10.1. The Morgan fingerprint density at radius 1 is 1.06 bits per heavy atom. The van der Waals surface area contributed by atoms with Crippen molar-refractivity contribution in [1.82, 2.24) is 5.32 Å². The van der Waals surface area contributed by atoms with Gasteiger partial charge in [0.1, 0.15) is 23.4 Å². The van der Waals surface area contributed by atoms with Gasteiger partial charge in [0.05, 0.1) is 0 Å². The molecular weight excluding hydrogens is 474 g/mol. The lowest BCUT2D eigenvalue weighted by Crippen LogP contribution is -2.35. The van der Waals surface area contributed by atoms with Gasteiger partial charge in [0.25, 0.3) is 15.9 Å². The van der Waals surface area contributed by atoms with Gasteiger partial charge in [-0.1, -0.05) is 12.1 Å². The van der Waals surface area contributed by atoms with Gasteiger partial charge in [-0.05, 0) is 48.5 Å². The Morgan fingerprint density at radius 3 is 2.66 bits per heavy atom. The number of hydrogen-bond acceptors (Lipinski definition) is 8. The SMILES string of the molecule is O=C(NCC(O)COc1ccc2c(c1)OCO2)c1ccc(NC2=NS(=O)(=O)c3ccccc32)cc1. The van der Waals surface area contributed by atoms with Crippen molar-refractivity contribution >= 4 is 27.5 Å². The van der Waals surface area contributed by atoms with Crippen molar-refractivity contribution in [3.8, 4) is 17.2 Å². The zero-order valence-electron chi connectivity index (χ0n) is 18.3. The molecule has 3 aromatic carbocycles. The van der Waals surface area contributed by atoms with Crippen LogP contribution in [0.25, 0.3) is 0 Å². The maximum absolute atomic E-state index is 12.4. The minimum atomic E-state index is -3.72. The number of amidine groups is 1. The second-order valence-corrected chi connectivity index (χ2v) is 9.38. The summed E-state index contributed by atoms with van der Waals surface area (Å²) < 4.78 is 44.2. The van der Waals surface area contributed by atoms with E-state index in [9.17, 15) is 18.3 Å². The van der Waals surface area contributed by atoms with Gasteiger partial charge < -0.3 is 30.0 Å². The molecule has 35 heavy (non-hydrogen) atoms. The van der Waals surface area contributed by atoms with E-state index in [2.05, 4.69) is 15.0 Å². The second-order valence-electron chi connectivity index (χ2n) is 7.80. The number of nitrogens with zero attached hydrogens (tertiary/aromatic N) is 1. The highest BCUT2D eigenvalue weighted by Gasteiger charge is 2.28. The normalized spacial score (nSPS) is 15.6. The Hall–Kier alpha value is -4.09. The van der Waals surface area contributed by atoms with Crippen LogP contribution in [0.4, 0.5) is 5.69 Å². The molecule has 1 amide bonds. The van der Waals surface area contributed by atoms with Crippen LogP contribution in [0.15, 0.2) is 76.0 Å². The van der Waals surface area contributed by atoms with E-state index < -0.39 is 16.1 Å². The largest absolute Gasteiger partial charge is 0.491 e. The van der Waals surface area contributed by atoms with Crippen LogP contribution in [0, 0.1) is 0 Å². The quantitative estimate of drug-likeness (QED) is 0.454. The van der Waals surface area contributed by atoms with Crippen molar-refractivity contribution in [1.29, 1.82) is 0 Å². The number of aliphatic hydroxyl groups is 1. The molecule has 11 heteroatoms. The third kappa shape index (κ3) is 4.91. The maximum atomic E-state index is 12.4. The Kier molecular flexibility index (Phi) is 6.01. The number of aliphatic hydroxyl groups excluding tert-OH is 1. The van der Waals surface area contributed by atoms with Crippen molar-refractivity contribution in [2.75, 3.05) is 25.3 Å². The summed E-state index contributed by atoms with van der Waals surface area (Å²) in [5, 5.41) is 15.8. The Labute approximate surface area is 201 Å². The molecule has 180 valence electrons. The molecule has 0 spiro atoms. The highest BCUT2D eigenvalue weighted by atomic mass is 32.2. The van der Waals surface area contributed by atoms with Crippen molar-refractivity contribution in [2.24, 2.45) is 4.40 Å². The first-order valence-corrected chi connectivity index (χ1v) is 12.1. The zero-order chi connectivity index (χ0) is 24.4. The highest BCUT2D eigenvalue weighted by Crippen LogP contribution is 2.35. The highest BCUT2D eigenvalue weighted by molar-refractivity contribution is 7.90. The third-order valence-corrected chi connectivity index (χ3v) is 6.66. The lowest BCUT2D eigenvalue weighted by Gasteiger charge is -2.14. The molecule has 3 aromatic rings. The first-order valence-electron chi connectivity index (χ1n) is 10.7. The number of sulfonamides is 1. The molecule has 0 radical (unpaired) electrons. The van der Waals surface area contributed by atoms with Crippen molar-refractivity contribution < 1.29 is 32.5 Å².